The molecular weight excluding hydrogens is 340 g/mol. The maximum Gasteiger partial charge on any atom is 0.0902 e. The predicted octanol–water partition coefficient (Wildman–Crippen LogP) is 4.46. The molecule has 2 rings (SSSR count). The second kappa shape index (κ2) is 6.93. The summed E-state index contributed by atoms with van der Waals surface area (Å²) in [5, 5.41) is 6.35. The van der Waals surface area contributed by atoms with Gasteiger partial charge in [-0.05, 0) is 11.5 Å². The van der Waals surface area contributed by atoms with Crippen LogP contribution in [0, 0.1) is 0 Å². The van der Waals surface area contributed by atoms with Crippen LogP contribution < -0.4 is 11.1 Å². The Morgan fingerprint density at radius 1 is 1.26 bits per heavy atom. The molecule has 0 aliphatic carbocycles. The van der Waals surface area contributed by atoms with Crippen LogP contribution in [0.2, 0.25) is 0 Å². The number of fused-ring (bicyclic) bond motifs is 1. The fourth-order valence-electron chi connectivity index (χ4n) is 1.70. The predicted molar refractivity (Wildman–Crippen MR) is 93.8 cm³/mol. The van der Waals surface area contributed by atoms with Crippen LogP contribution in [0.25, 0.3) is 10.8 Å². The van der Waals surface area contributed by atoms with Crippen molar-refractivity contribution in [1.29, 1.82) is 0 Å². The van der Waals surface area contributed by atoms with Crippen LogP contribution in [0.5, 0.6) is 0 Å². The van der Waals surface area contributed by atoms with Gasteiger partial charge in [0.05, 0.1) is 15.8 Å². The van der Waals surface area contributed by atoms with Gasteiger partial charge in [0.15, 0.2) is 0 Å². The molecule has 19 heavy (non-hydrogen) atoms. The molecule has 0 unspecified atom stereocenters. The normalized spacial score (nSPS) is 11.5. The Hall–Kier alpha value is -1.04. The lowest BCUT2D eigenvalue weighted by atomic mass is 10.1. The third-order valence-corrected chi connectivity index (χ3v) is 4.65. The summed E-state index contributed by atoms with van der Waals surface area (Å²) in [6, 6.07) is 14.4. The molecule has 0 saturated heterocycles. The van der Waals surface area contributed by atoms with E-state index in [-0.39, 0.29) is 0 Å². The number of benzene rings is 2. The van der Waals surface area contributed by atoms with Gasteiger partial charge in [-0.3, -0.25) is 0 Å². The first-order valence-electron chi connectivity index (χ1n) is 5.67. The first-order valence-corrected chi connectivity index (χ1v) is 7.98. The molecule has 2 aromatic carbocycles. The van der Waals surface area contributed by atoms with E-state index >= 15 is 0 Å². The summed E-state index contributed by atoms with van der Waals surface area (Å²) in [5.41, 5.74) is 6.73. The highest BCUT2D eigenvalue weighted by molar-refractivity contribution is 9.11. The van der Waals surface area contributed by atoms with Crippen molar-refractivity contribution in [2.24, 2.45) is 5.73 Å². The van der Waals surface area contributed by atoms with Crippen molar-refractivity contribution < 1.29 is 0 Å². The molecule has 0 saturated carbocycles. The third kappa shape index (κ3) is 3.96. The highest BCUT2D eigenvalue weighted by Gasteiger charge is 2.03. The van der Waals surface area contributed by atoms with Gasteiger partial charge in [0.1, 0.15) is 0 Å². The second-order valence-corrected chi connectivity index (χ2v) is 5.87. The Balaban J connectivity index is 2.11. The van der Waals surface area contributed by atoms with E-state index < -0.39 is 0 Å². The largest absolute Gasteiger partial charge is 0.393 e. The van der Waals surface area contributed by atoms with E-state index in [0.717, 1.165) is 10.7 Å². The van der Waals surface area contributed by atoms with Gasteiger partial charge in [-0.1, -0.05) is 64.5 Å². The smallest absolute Gasteiger partial charge is 0.0902 e. The van der Waals surface area contributed by atoms with Crippen molar-refractivity contribution in [1.82, 2.24) is 0 Å². The highest BCUT2D eigenvalue weighted by atomic mass is 79.9. The molecule has 2 nitrogen and oxygen atoms in total. The number of hydrogen-bond donors (Lipinski definition) is 2. The second-order valence-electron chi connectivity index (χ2n) is 3.88. The standard InChI is InChI=1S/C14H13BrN2S2/c15-8-13(16)19-9-14(18)17-12-7-3-5-10-4-1-2-6-11(10)12/h1-8H,9,16H2,(H,17,18)/b13-8+. The van der Waals surface area contributed by atoms with Crippen molar-refractivity contribution >= 4 is 61.4 Å². The third-order valence-electron chi connectivity index (χ3n) is 2.54. The number of thioether (sulfide) groups is 1. The molecule has 5 heteroatoms. The monoisotopic (exact) mass is 352 g/mol. The number of nitrogens with one attached hydrogen (secondary N) is 1. The molecule has 0 fully saturated rings. The van der Waals surface area contributed by atoms with Crippen LogP contribution in [0.3, 0.4) is 0 Å². The van der Waals surface area contributed by atoms with Crippen LogP contribution in [0.4, 0.5) is 5.69 Å². The minimum atomic E-state index is 0.659. The van der Waals surface area contributed by atoms with Crippen LogP contribution in [0.15, 0.2) is 52.5 Å². The van der Waals surface area contributed by atoms with Crippen molar-refractivity contribution in [2.75, 3.05) is 11.1 Å². The summed E-state index contributed by atoms with van der Waals surface area (Å²) >= 11 is 10.0. The van der Waals surface area contributed by atoms with Crippen molar-refractivity contribution in [3.63, 3.8) is 0 Å². The Morgan fingerprint density at radius 3 is 2.79 bits per heavy atom. The number of anilines is 1. The van der Waals surface area contributed by atoms with Crippen LogP contribution in [-0.4, -0.2) is 10.7 Å². The van der Waals surface area contributed by atoms with Crippen molar-refractivity contribution in [3.05, 3.63) is 52.5 Å². The molecule has 0 atom stereocenters. The SMILES string of the molecule is N/C(=C\Br)SCC(=S)Nc1cccc2ccccc12. The summed E-state index contributed by atoms with van der Waals surface area (Å²) in [6.07, 6.45) is 0. The van der Waals surface area contributed by atoms with Gasteiger partial charge in [0.25, 0.3) is 0 Å². The van der Waals surface area contributed by atoms with E-state index in [1.807, 2.05) is 24.3 Å². The topological polar surface area (TPSA) is 38.0 Å². The summed E-state index contributed by atoms with van der Waals surface area (Å²) in [4.78, 5) is 2.46. The summed E-state index contributed by atoms with van der Waals surface area (Å²) < 4.78 is 0. The fraction of sp³-hybridized carbons (Fsp3) is 0.0714. The molecule has 0 heterocycles. The first-order chi connectivity index (χ1) is 9.20. The Bertz CT molecular complexity index is 620. The van der Waals surface area contributed by atoms with E-state index in [2.05, 4.69) is 39.4 Å². The van der Waals surface area contributed by atoms with E-state index in [0.29, 0.717) is 10.8 Å². The zero-order chi connectivity index (χ0) is 13.7. The molecule has 0 bridgehead atoms. The van der Waals surface area contributed by atoms with Gasteiger partial charge < -0.3 is 11.1 Å². The maximum absolute atomic E-state index is 5.69. The van der Waals surface area contributed by atoms with Crippen molar-refractivity contribution in [2.45, 2.75) is 0 Å². The van der Waals surface area contributed by atoms with E-state index in [1.165, 1.54) is 22.5 Å². The lowest BCUT2D eigenvalue weighted by Gasteiger charge is -2.10. The van der Waals surface area contributed by atoms with Gasteiger partial charge in [-0.15, -0.1) is 11.8 Å². The molecule has 0 amide bonds. The average Bonchev–Trinajstić information content (AvgIpc) is 2.45. The van der Waals surface area contributed by atoms with Crippen LogP contribution >= 0.6 is 39.9 Å². The summed E-state index contributed by atoms with van der Waals surface area (Å²) in [6.45, 7) is 0. The highest BCUT2D eigenvalue weighted by Crippen LogP contribution is 2.23. The van der Waals surface area contributed by atoms with Gasteiger partial charge in [-0.2, -0.15) is 0 Å². The number of nitrogens with two attached hydrogens (primary N) is 1. The lowest BCUT2D eigenvalue weighted by molar-refractivity contribution is 1.57. The quantitative estimate of drug-likeness (QED) is 0.796. The summed E-state index contributed by atoms with van der Waals surface area (Å²) in [7, 11) is 0. The minimum absolute atomic E-state index is 0.659. The minimum Gasteiger partial charge on any atom is -0.393 e. The van der Waals surface area contributed by atoms with E-state index in [4.69, 9.17) is 18.0 Å². The Labute approximate surface area is 130 Å². The van der Waals surface area contributed by atoms with E-state index in [1.54, 1.807) is 4.99 Å². The molecule has 0 radical (unpaired) electrons. The van der Waals surface area contributed by atoms with Gasteiger partial charge >= 0.3 is 0 Å². The van der Waals surface area contributed by atoms with Crippen molar-refractivity contribution in [3.8, 4) is 0 Å². The van der Waals surface area contributed by atoms with Crippen LogP contribution in [-0.2, 0) is 0 Å². The number of halogens is 1. The fourth-order valence-corrected chi connectivity index (χ4v) is 2.82. The molecule has 0 aromatic heterocycles. The number of thiocarbonyl (C=S) groups is 1. The molecule has 2 aromatic rings. The number of hydrogen-bond acceptors (Lipinski definition) is 3. The molecule has 98 valence electrons. The Morgan fingerprint density at radius 2 is 2.00 bits per heavy atom. The maximum atomic E-state index is 5.69. The van der Waals surface area contributed by atoms with Crippen LogP contribution in [0.1, 0.15) is 0 Å². The Kier molecular flexibility index (Phi) is 5.24. The van der Waals surface area contributed by atoms with Gasteiger partial charge in [0.2, 0.25) is 0 Å². The molecule has 3 N–H and O–H groups in total. The first kappa shape index (κ1) is 14.4. The zero-order valence-corrected chi connectivity index (χ0v) is 13.3. The average molecular weight is 353 g/mol. The molecule has 0 aliphatic rings. The van der Waals surface area contributed by atoms with E-state index in [9.17, 15) is 0 Å². The van der Waals surface area contributed by atoms with Gasteiger partial charge in [-0.25, -0.2) is 0 Å². The molecular formula is C14H13BrN2S2. The van der Waals surface area contributed by atoms with Gasteiger partial charge in [0, 0.05) is 16.1 Å². The summed E-state index contributed by atoms with van der Waals surface area (Å²) in [5.74, 6) is 0.659. The molecule has 0 aliphatic heterocycles. The lowest BCUT2D eigenvalue weighted by Crippen LogP contribution is -2.12. The zero-order valence-electron chi connectivity index (χ0n) is 10.1. The number of rotatable bonds is 4. The molecule has 0 spiro atoms.